The lowest BCUT2D eigenvalue weighted by molar-refractivity contribution is -0.386. The fraction of sp³-hybridized carbons (Fsp3) is 0.421. The van der Waals surface area contributed by atoms with Crippen LogP contribution in [0.1, 0.15) is 40.2 Å². The molecule has 1 aromatic heterocycles. The van der Waals surface area contributed by atoms with E-state index in [-0.39, 0.29) is 18.1 Å². The van der Waals surface area contributed by atoms with E-state index in [2.05, 4.69) is 10.4 Å². The van der Waals surface area contributed by atoms with Crippen LogP contribution in [-0.2, 0) is 16.1 Å². The van der Waals surface area contributed by atoms with Crippen molar-refractivity contribution in [3.8, 4) is 0 Å². The van der Waals surface area contributed by atoms with Gasteiger partial charge in [0.25, 0.3) is 5.91 Å². The molecule has 0 radical (unpaired) electrons. The molecule has 1 aromatic carbocycles. The summed E-state index contributed by atoms with van der Waals surface area (Å²) in [5.41, 5.74) is 2.13. The van der Waals surface area contributed by atoms with Crippen LogP contribution in [0.5, 0.6) is 0 Å². The smallest absolute Gasteiger partial charge is 0.325 e. The van der Waals surface area contributed by atoms with Gasteiger partial charge in [-0.2, -0.15) is 5.10 Å². The number of rotatable bonds is 8. The predicted octanol–water partition coefficient (Wildman–Crippen LogP) is 2.14. The van der Waals surface area contributed by atoms with Crippen molar-refractivity contribution in [1.29, 1.82) is 0 Å². The summed E-state index contributed by atoms with van der Waals surface area (Å²) in [6, 6.07) is 6.78. The minimum atomic E-state index is -0.442. The lowest BCUT2D eigenvalue weighted by atomic mass is 10.1. The van der Waals surface area contributed by atoms with Gasteiger partial charge in [-0.25, -0.2) is 0 Å². The molecule has 3 rings (SSSR count). The Labute approximate surface area is 161 Å². The summed E-state index contributed by atoms with van der Waals surface area (Å²) in [6.07, 6.45) is 2.19. The number of nitrogens with zero attached hydrogens (tertiary/aromatic N) is 3. The third kappa shape index (κ3) is 4.73. The molecular weight excluding hydrogens is 364 g/mol. The molecule has 148 valence electrons. The number of aryl methyl sites for hydroxylation is 1. The zero-order chi connectivity index (χ0) is 20.3. The van der Waals surface area contributed by atoms with Crippen molar-refractivity contribution in [2.24, 2.45) is 5.92 Å². The first-order valence-corrected chi connectivity index (χ1v) is 9.06. The van der Waals surface area contributed by atoms with E-state index in [1.165, 1.54) is 0 Å². The summed E-state index contributed by atoms with van der Waals surface area (Å²) >= 11 is 0. The number of carbonyl (C=O) groups excluding carboxylic acids is 2. The number of hydrogen-bond acceptors (Lipinski definition) is 6. The van der Waals surface area contributed by atoms with Gasteiger partial charge in [-0.1, -0.05) is 12.1 Å². The normalized spacial score (nSPS) is 13.2. The Balaban J connectivity index is 1.55. The fourth-order valence-electron chi connectivity index (χ4n) is 2.84. The van der Waals surface area contributed by atoms with E-state index in [1.54, 1.807) is 42.8 Å². The van der Waals surface area contributed by atoms with Crippen molar-refractivity contribution in [2.75, 3.05) is 13.2 Å². The van der Waals surface area contributed by atoms with Crippen molar-refractivity contribution in [3.05, 3.63) is 56.9 Å². The molecule has 1 fully saturated rings. The summed E-state index contributed by atoms with van der Waals surface area (Å²) in [4.78, 5) is 34.4. The number of benzene rings is 1. The second-order valence-corrected chi connectivity index (χ2v) is 6.94. The van der Waals surface area contributed by atoms with E-state index in [0.29, 0.717) is 36.0 Å². The molecule has 28 heavy (non-hydrogen) atoms. The number of nitrogens with one attached hydrogen (secondary N) is 1. The molecule has 0 saturated heterocycles. The van der Waals surface area contributed by atoms with Crippen LogP contribution in [-0.4, -0.2) is 39.7 Å². The van der Waals surface area contributed by atoms with E-state index in [0.717, 1.165) is 18.4 Å². The van der Waals surface area contributed by atoms with E-state index in [1.807, 2.05) is 0 Å². The van der Waals surface area contributed by atoms with Crippen LogP contribution in [0.4, 0.5) is 5.69 Å². The first-order valence-electron chi connectivity index (χ1n) is 9.06. The van der Waals surface area contributed by atoms with Gasteiger partial charge in [-0.15, -0.1) is 0 Å². The van der Waals surface area contributed by atoms with Gasteiger partial charge >= 0.3 is 11.7 Å². The number of hydrogen-bond donors (Lipinski definition) is 1. The van der Waals surface area contributed by atoms with Crippen molar-refractivity contribution >= 4 is 17.6 Å². The highest BCUT2D eigenvalue weighted by Crippen LogP contribution is 2.28. The van der Waals surface area contributed by atoms with Crippen LogP contribution in [0.15, 0.2) is 24.3 Å². The maximum Gasteiger partial charge on any atom is 0.325 e. The summed E-state index contributed by atoms with van der Waals surface area (Å²) < 4.78 is 6.63. The fourth-order valence-corrected chi connectivity index (χ4v) is 2.84. The Morgan fingerprint density at radius 1 is 1.29 bits per heavy atom. The number of esters is 1. The van der Waals surface area contributed by atoms with E-state index in [4.69, 9.17) is 4.74 Å². The molecule has 1 heterocycles. The number of carbonyl (C=O) groups is 2. The zero-order valence-electron chi connectivity index (χ0n) is 15.8. The van der Waals surface area contributed by atoms with Gasteiger partial charge in [-0.05, 0) is 50.3 Å². The Bertz CT molecular complexity index is 900. The molecule has 2 aromatic rings. The minimum Gasteiger partial charge on any atom is -0.464 e. The average Bonchev–Trinajstić information content (AvgIpc) is 3.44. The van der Waals surface area contributed by atoms with E-state index >= 15 is 0 Å². The molecule has 0 spiro atoms. The molecule has 1 saturated carbocycles. The van der Waals surface area contributed by atoms with Gasteiger partial charge in [0.2, 0.25) is 0 Å². The number of aromatic nitrogens is 2. The van der Waals surface area contributed by atoms with Gasteiger partial charge in [0.05, 0.1) is 18.1 Å². The lowest BCUT2D eigenvalue weighted by Gasteiger charge is -2.07. The van der Waals surface area contributed by atoms with Crippen molar-refractivity contribution in [1.82, 2.24) is 15.1 Å². The Morgan fingerprint density at radius 2 is 1.96 bits per heavy atom. The highest BCUT2D eigenvalue weighted by Gasteiger charge is 2.23. The SMILES string of the molecule is Cc1nn(Cc2ccc(C(=O)NCC(=O)OCC3CC3)cc2)c(C)c1[N+](=O)[O-]. The van der Waals surface area contributed by atoms with Crippen molar-refractivity contribution in [3.63, 3.8) is 0 Å². The third-order valence-corrected chi connectivity index (χ3v) is 4.64. The van der Waals surface area contributed by atoms with Crippen LogP contribution in [0, 0.1) is 29.9 Å². The quantitative estimate of drug-likeness (QED) is 0.422. The van der Waals surface area contributed by atoms with Crippen LogP contribution < -0.4 is 5.32 Å². The topological polar surface area (TPSA) is 116 Å². The molecule has 0 atom stereocenters. The van der Waals surface area contributed by atoms with Gasteiger partial charge in [0.1, 0.15) is 17.9 Å². The molecule has 9 heteroatoms. The van der Waals surface area contributed by atoms with Gasteiger partial charge in [0, 0.05) is 5.56 Å². The molecule has 9 nitrogen and oxygen atoms in total. The monoisotopic (exact) mass is 386 g/mol. The molecule has 0 aliphatic heterocycles. The maximum absolute atomic E-state index is 12.1. The molecule has 1 aliphatic rings. The number of ether oxygens (including phenoxy) is 1. The number of nitro groups is 1. The van der Waals surface area contributed by atoms with Gasteiger partial charge in [-0.3, -0.25) is 24.4 Å². The van der Waals surface area contributed by atoms with E-state index in [9.17, 15) is 19.7 Å². The van der Waals surface area contributed by atoms with Gasteiger partial charge < -0.3 is 10.1 Å². The summed E-state index contributed by atoms with van der Waals surface area (Å²) in [6.45, 7) is 3.87. The summed E-state index contributed by atoms with van der Waals surface area (Å²) in [5, 5.41) is 17.8. The zero-order valence-corrected chi connectivity index (χ0v) is 15.8. The molecule has 0 bridgehead atoms. The van der Waals surface area contributed by atoms with Crippen LogP contribution in [0.2, 0.25) is 0 Å². The minimum absolute atomic E-state index is 0.0181. The lowest BCUT2D eigenvalue weighted by Crippen LogP contribution is -2.30. The van der Waals surface area contributed by atoms with Crippen LogP contribution in [0.3, 0.4) is 0 Å². The summed E-state index contributed by atoms with van der Waals surface area (Å²) in [7, 11) is 0. The highest BCUT2D eigenvalue weighted by atomic mass is 16.6. The Morgan fingerprint density at radius 3 is 2.54 bits per heavy atom. The van der Waals surface area contributed by atoms with Crippen LogP contribution in [0.25, 0.3) is 0 Å². The average molecular weight is 386 g/mol. The number of amides is 1. The standard InChI is InChI=1S/C19H22N4O5/c1-12-18(23(26)27)13(2)22(21-12)10-14-5-7-16(8-6-14)19(25)20-9-17(24)28-11-15-3-4-15/h5-8,15H,3-4,9-11H2,1-2H3,(H,20,25). The van der Waals surface area contributed by atoms with Crippen LogP contribution >= 0.6 is 0 Å². The molecular formula is C19H22N4O5. The Kier molecular flexibility index (Phi) is 5.72. The molecule has 0 unspecified atom stereocenters. The highest BCUT2D eigenvalue weighted by molar-refractivity contribution is 5.95. The van der Waals surface area contributed by atoms with E-state index < -0.39 is 10.9 Å². The predicted molar refractivity (Wildman–Crippen MR) is 99.9 cm³/mol. The Hall–Kier alpha value is -3.23. The van der Waals surface area contributed by atoms with Crippen molar-refractivity contribution < 1.29 is 19.2 Å². The second-order valence-electron chi connectivity index (χ2n) is 6.94. The van der Waals surface area contributed by atoms with Crippen molar-refractivity contribution in [2.45, 2.75) is 33.2 Å². The molecule has 1 amide bonds. The third-order valence-electron chi connectivity index (χ3n) is 4.64. The first-order chi connectivity index (χ1) is 13.3. The largest absolute Gasteiger partial charge is 0.464 e. The maximum atomic E-state index is 12.1. The van der Waals surface area contributed by atoms with Gasteiger partial charge in [0.15, 0.2) is 0 Å². The molecule has 1 aliphatic carbocycles. The first kappa shape index (κ1) is 19.5. The molecule has 1 N–H and O–H groups in total. The second kappa shape index (κ2) is 8.20. The summed E-state index contributed by atoms with van der Waals surface area (Å²) in [5.74, 6) is -0.324.